The number of rotatable bonds is 5. The maximum absolute atomic E-state index is 10.8. The van der Waals surface area contributed by atoms with Crippen molar-refractivity contribution < 1.29 is 9.66 Å². The van der Waals surface area contributed by atoms with Gasteiger partial charge in [0, 0.05) is 13.2 Å². The highest BCUT2D eigenvalue weighted by atomic mass is 35.5. The molecule has 0 aliphatic carbocycles. The van der Waals surface area contributed by atoms with Crippen molar-refractivity contribution in [3.05, 3.63) is 27.4 Å². The van der Waals surface area contributed by atoms with Crippen LogP contribution in [0.4, 0.5) is 11.5 Å². The Balaban J connectivity index is 3.04. The first-order valence-corrected chi connectivity index (χ1v) is 5.31. The monoisotopic (exact) mass is 259 g/mol. The normalized spacial score (nSPS) is 11.3. The summed E-state index contributed by atoms with van der Waals surface area (Å²) in [6.07, 6.45) is 0. The first-order valence-electron chi connectivity index (χ1n) is 4.94. The SMILES string of the molecule is COCC(C)(C)Nc1nc(Cl)ccc1[N+](=O)[O-]. The topological polar surface area (TPSA) is 77.3 Å². The quantitative estimate of drug-likeness (QED) is 0.499. The molecular formula is C10H14ClN3O3. The Morgan fingerprint density at radius 1 is 1.59 bits per heavy atom. The van der Waals surface area contributed by atoms with Gasteiger partial charge in [-0.3, -0.25) is 10.1 Å². The van der Waals surface area contributed by atoms with Crippen LogP contribution >= 0.6 is 11.6 Å². The fourth-order valence-electron chi connectivity index (χ4n) is 1.38. The van der Waals surface area contributed by atoms with E-state index in [9.17, 15) is 10.1 Å². The van der Waals surface area contributed by atoms with Crippen molar-refractivity contribution in [2.75, 3.05) is 19.0 Å². The van der Waals surface area contributed by atoms with Crippen molar-refractivity contribution in [1.29, 1.82) is 0 Å². The van der Waals surface area contributed by atoms with Gasteiger partial charge in [0.25, 0.3) is 0 Å². The van der Waals surface area contributed by atoms with E-state index in [1.54, 1.807) is 7.11 Å². The van der Waals surface area contributed by atoms with Crippen molar-refractivity contribution in [2.24, 2.45) is 0 Å². The van der Waals surface area contributed by atoms with Crippen LogP contribution in [-0.2, 0) is 4.74 Å². The molecule has 6 nitrogen and oxygen atoms in total. The molecule has 0 atom stereocenters. The Labute approximate surface area is 104 Å². The third-order valence-corrected chi connectivity index (χ3v) is 2.21. The molecule has 0 aliphatic heterocycles. The van der Waals surface area contributed by atoms with E-state index in [2.05, 4.69) is 10.3 Å². The minimum absolute atomic E-state index is 0.112. The Kier molecular flexibility index (Phi) is 4.25. The molecule has 0 saturated carbocycles. The maximum atomic E-state index is 10.8. The summed E-state index contributed by atoms with van der Waals surface area (Å²) in [6.45, 7) is 4.09. The van der Waals surface area contributed by atoms with Gasteiger partial charge >= 0.3 is 5.69 Å². The summed E-state index contributed by atoms with van der Waals surface area (Å²) in [5, 5.41) is 14.0. The van der Waals surface area contributed by atoms with E-state index in [0.29, 0.717) is 6.61 Å². The van der Waals surface area contributed by atoms with Crippen molar-refractivity contribution >= 4 is 23.1 Å². The van der Waals surface area contributed by atoms with Crippen LogP contribution in [0.5, 0.6) is 0 Å². The van der Waals surface area contributed by atoms with Gasteiger partial charge < -0.3 is 10.1 Å². The van der Waals surface area contributed by atoms with Gasteiger partial charge in [0.1, 0.15) is 5.15 Å². The number of hydrogen-bond acceptors (Lipinski definition) is 5. The molecule has 0 aliphatic rings. The molecule has 0 unspecified atom stereocenters. The molecule has 1 heterocycles. The lowest BCUT2D eigenvalue weighted by Crippen LogP contribution is -2.36. The van der Waals surface area contributed by atoms with Crippen LogP contribution in [0.2, 0.25) is 5.15 Å². The molecule has 7 heteroatoms. The van der Waals surface area contributed by atoms with E-state index in [4.69, 9.17) is 16.3 Å². The standard InChI is InChI=1S/C10H14ClN3O3/c1-10(2,6-17-3)13-9-7(14(15)16)4-5-8(11)12-9/h4-5H,6H2,1-3H3,(H,12,13). The highest BCUT2D eigenvalue weighted by Crippen LogP contribution is 2.26. The predicted octanol–water partition coefficient (Wildman–Crippen LogP) is 2.48. The molecule has 1 aromatic rings. The zero-order chi connectivity index (χ0) is 13.1. The molecule has 0 bridgehead atoms. The number of aromatic nitrogens is 1. The lowest BCUT2D eigenvalue weighted by atomic mass is 10.1. The van der Waals surface area contributed by atoms with Gasteiger partial charge in [0.15, 0.2) is 0 Å². The lowest BCUT2D eigenvalue weighted by Gasteiger charge is -2.25. The largest absolute Gasteiger partial charge is 0.382 e. The van der Waals surface area contributed by atoms with Crippen LogP contribution in [0, 0.1) is 10.1 Å². The molecule has 0 aromatic carbocycles. The van der Waals surface area contributed by atoms with Crippen molar-refractivity contribution in [1.82, 2.24) is 4.98 Å². The second kappa shape index (κ2) is 5.29. The number of halogens is 1. The van der Waals surface area contributed by atoms with Gasteiger partial charge in [-0.05, 0) is 19.9 Å². The average Bonchev–Trinajstić information content (AvgIpc) is 2.15. The average molecular weight is 260 g/mol. The maximum Gasteiger partial charge on any atom is 0.311 e. The molecule has 0 amide bonds. The molecule has 0 radical (unpaired) electrons. The van der Waals surface area contributed by atoms with E-state index in [0.717, 1.165) is 0 Å². The summed E-state index contributed by atoms with van der Waals surface area (Å²) in [6, 6.07) is 2.70. The smallest absolute Gasteiger partial charge is 0.311 e. The second-order valence-corrected chi connectivity index (χ2v) is 4.59. The number of methoxy groups -OCH3 is 1. The fourth-order valence-corrected chi connectivity index (χ4v) is 1.53. The molecule has 17 heavy (non-hydrogen) atoms. The Hall–Kier alpha value is -1.40. The molecule has 0 fully saturated rings. The van der Waals surface area contributed by atoms with Crippen LogP contribution < -0.4 is 5.32 Å². The Bertz CT molecular complexity index is 423. The van der Waals surface area contributed by atoms with Gasteiger partial charge in [0.2, 0.25) is 5.82 Å². The molecule has 1 N–H and O–H groups in total. The molecule has 1 aromatic heterocycles. The van der Waals surface area contributed by atoms with Gasteiger partial charge in [-0.1, -0.05) is 11.6 Å². The number of ether oxygens (including phenoxy) is 1. The molecular weight excluding hydrogens is 246 g/mol. The van der Waals surface area contributed by atoms with Crippen molar-refractivity contribution in [2.45, 2.75) is 19.4 Å². The molecule has 1 rings (SSSR count). The second-order valence-electron chi connectivity index (χ2n) is 4.20. The van der Waals surface area contributed by atoms with Crippen LogP contribution in [0.1, 0.15) is 13.8 Å². The zero-order valence-corrected chi connectivity index (χ0v) is 10.6. The van der Waals surface area contributed by atoms with E-state index in [-0.39, 0.29) is 16.7 Å². The summed E-state index contributed by atoms with van der Waals surface area (Å²) in [7, 11) is 1.56. The van der Waals surface area contributed by atoms with E-state index < -0.39 is 10.5 Å². The zero-order valence-electron chi connectivity index (χ0n) is 9.86. The van der Waals surface area contributed by atoms with E-state index >= 15 is 0 Å². The minimum atomic E-state index is -0.505. The van der Waals surface area contributed by atoms with Gasteiger partial charge in [-0.25, -0.2) is 4.98 Å². The van der Waals surface area contributed by atoms with Gasteiger partial charge in [-0.2, -0.15) is 0 Å². The van der Waals surface area contributed by atoms with Crippen LogP contribution in [0.3, 0.4) is 0 Å². The summed E-state index contributed by atoms with van der Waals surface area (Å²) in [5.74, 6) is 0.143. The fraction of sp³-hybridized carbons (Fsp3) is 0.500. The van der Waals surface area contributed by atoms with Gasteiger partial charge in [0.05, 0.1) is 17.1 Å². The molecule has 0 saturated heterocycles. The number of nitrogens with one attached hydrogen (secondary N) is 1. The van der Waals surface area contributed by atoms with Crippen LogP contribution in [0.25, 0.3) is 0 Å². The first kappa shape index (κ1) is 13.7. The summed E-state index contributed by atoms with van der Waals surface area (Å²) in [5.41, 5.74) is -0.587. The molecule has 94 valence electrons. The third kappa shape index (κ3) is 3.83. The number of anilines is 1. The van der Waals surface area contributed by atoms with Crippen molar-refractivity contribution in [3.63, 3.8) is 0 Å². The number of pyridine rings is 1. The number of nitrogens with zero attached hydrogens (tertiary/aromatic N) is 2. The van der Waals surface area contributed by atoms with Gasteiger partial charge in [-0.15, -0.1) is 0 Å². The summed E-state index contributed by atoms with van der Waals surface area (Å²) < 4.78 is 5.02. The van der Waals surface area contributed by atoms with E-state index in [1.807, 2.05) is 13.8 Å². The summed E-state index contributed by atoms with van der Waals surface area (Å²) >= 11 is 5.72. The lowest BCUT2D eigenvalue weighted by molar-refractivity contribution is -0.384. The number of hydrogen-bond donors (Lipinski definition) is 1. The first-order chi connectivity index (χ1) is 7.85. The minimum Gasteiger partial charge on any atom is -0.382 e. The molecule has 0 spiro atoms. The third-order valence-electron chi connectivity index (χ3n) is 2.00. The van der Waals surface area contributed by atoms with Crippen molar-refractivity contribution in [3.8, 4) is 0 Å². The Morgan fingerprint density at radius 2 is 2.24 bits per heavy atom. The van der Waals surface area contributed by atoms with Crippen LogP contribution in [0.15, 0.2) is 12.1 Å². The predicted molar refractivity (Wildman–Crippen MR) is 65.5 cm³/mol. The summed E-state index contributed by atoms with van der Waals surface area (Å²) in [4.78, 5) is 14.2. The van der Waals surface area contributed by atoms with Crippen LogP contribution in [-0.4, -0.2) is 29.2 Å². The highest BCUT2D eigenvalue weighted by molar-refractivity contribution is 6.29. The highest BCUT2D eigenvalue weighted by Gasteiger charge is 2.23. The number of nitro groups is 1. The Morgan fingerprint density at radius 3 is 2.76 bits per heavy atom. The van der Waals surface area contributed by atoms with E-state index in [1.165, 1.54) is 12.1 Å².